The van der Waals surface area contributed by atoms with Gasteiger partial charge in [-0.2, -0.15) is 0 Å². The maximum Gasteiger partial charge on any atom is 0.302 e. The van der Waals surface area contributed by atoms with Crippen LogP contribution in [0.3, 0.4) is 0 Å². The van der Waals surface area contributed by atoms with E-state index in [1.54, 1.807) is 16.0 Å². The lowest BCUT2D eigenvalue weighted by Gasteiger charge is -2.39. The molecule has 0 amide bonds. The summed E-state index contributed by atoms with van der Waals surface area (Å²) >= 11 is 0. The summed E-state index contributed by atoms with van der Waals surface area (Å²) in [7, 11) is 0. The van der Waals surface area contributed by atoms with Gasteiger partial charge < -0.3 is 9.64 Å². The van der Waals surface area contributed by atoms with Gasteiger partial charge >= 0.3 is 5.97 Å². The molecule has 0 heterocycles. The molecular formula is C24H42NO2+. The first-order chi connectivity index (χ1) is 12.7. The molecule has 0 spiro atoms. The molecule has 1 N–H and O–H groups in total. The Morgan fingerprint density at radius 1 is 0.963 bits per heavy atom. The van der Waals surface area contributed by atoms with Crippen molar-refractivity contribution in [3.8, 4) is 0 Å². The summed E-state index contributed by atoms with van der Waals surface area (Å²) in [4.78, 5) is 12.9. The van der Waals surface area contributed by atoms with Crippen LogP contribution in [0, 0.1) is 35.5 Å². The lowest BCUT2D eigenvalue weighted by Crippen LogP contribution is -3.14. The number of allylic oxidation sites excluding steroid dienone is 4. The Morgan fingerprint density at radius 3 is 1.78 bits per heavy atom. The molecule has 0 fully saturated rings. The molecule has 0 radical (unpaired) electrons. The molecule has 3 nitrogen and oxygen atoms in total. The van der Waals surface area contributed by atoms with Crippen LogP contribution in [0.2, 0.25) is 0 Å². The zero-order valence-electron chi connectivity index (χ0n) is 18.7. The largest absolute Gasteiger partial charge is 0.460 e. The number of carbonyl (C=O) groups excluding carboxylic acids is 1. The number of rotatable bonds is 7. The van der Waals surface area contributed by atoms with Gasteiger partial charge in [0.25, 0.3) is 0 Å². The van der Waals surface area contributed by atoms with Gasteiger partial charge in [0, 0.05) is 18.8 Å². The van der Waals surface area contributed by atoms with Crippen molar-refractivity contribution >= 4 is 5.97 Å². The second-order valence-electron chi connectivity index (χ2n) is 9.68. The fourth-order valence-electron chi connectivity index (χ4n) is 5.70. The Hall–Kier alpha value is -1.09. The van der Waals surface area contributed by atoms with E-state index in [2.05, 4.69) is 53.7 Å². The number of quaternary nitrogens is 1. The van der Waals surface area contributed by atoms with E-state index in [-0.39, 0.29) is 5.97 Å². The molecule has 2 rings (SSSR count). The summed E-state index contributed by atoms with van der Waals surface area (Å²) in [5.74, 6) is 4.01. The molecule has 2 aliphatic rings. The maximum atomic E-state index is 11.2. The van der Waals surface area contributed by atoms with Gasteiger partial charge in [-0.25, -0.2) is 0 Å². The molecule has 0 saturated carbocycles. The SMILES string of the molecule is CC(=O)OCC[NH+](C[C@@H]1[C@H](C)CC(C)=C[C@@H]1C)C[C@H]1[C@H](C)C=C(C)C[C@H]1C. The minimum absolute atomic E-state index is 0.162. The zero-order chi connectivity index (χ0) is 20.1. The average molecular weight is 377 g/mol. The van der Waals surface area contributed by atoms with Crippen LogP contribution in [-0.4, -0.2) is 32.2 Å². The van der Waals surface area contributed by atoms with Gasteiger partial charge in [-0.3, -0.25) is 4.79 Å². The number of ether oxygens (including phenoxy) is 1. The van der Waals surface area contributed by atoms with Crippen LogP contribution in [0.15, 0.2) is 23.3 Å². The van der Waals surface area contributed by atoms with Crippen LogP contribution >= 0.6 is 0 Å². The normalized spacial score (nSPS) is 35.2. The van der Waals surface area contributed by atoms with E-state index in [1.165, 1.54) is 32.9 Å². The van der Waals surface area contributed by atoms with Gasteiger partial charge in [-0.15, -0.1) is 0 Å². The highest BCUT2D eigenvalue weighted by Gasteiger charge is 2.34. The van der Waals surface area contributed by atoms with Crippen molar-refractivity contribution in [1.82, 2.24) is 0 Å². The second kappa shape index (κ2) is 9.91. The third kappa shape index (κ3) is 6.48. The Labute approximate surface area is 167 Å². The van der Waals surface area contributed by atoms with E-state index in [0.717, 1.165) is 18.4 Å². The van der Waals surface area contributed by atoms with Crippen LogP contribution in [0.5, 0.6) is 0 Å². The van der Waals surface area contributed by atoms with Crippen LogP contribution in [0.1, 0.15) is 61.3 Å². The molecule has 7 atom stereocenters. The minimum atomic E-state index is -0.162. The molecule has 0 aromatic carbocycles. The zero-order valence-corrected chi connectivity index (χ0v) is 18.7. The maximum absolute atomic E-state index is 11.2. The third-order valence-electron chi connectivity index (χ3n) is 7.00. The molecule has 1 unspecified atom stereocenters. The molecule has 154 valence electrons. The van der Waals surface area contributed by atoms with Crippen LogP contribution in [0.25, 0.3) is 0 Å². The van der Waals surface area contributed by atoms with E-state index < -0.39 is 0 Å². The molecule has 0 bridgehead atoms. The molecule has 3 heteroatoms. The molecule has 0 aromatic heterocycles. The van der Waals surface area contributed by atoms with Gasteiger partial charge in [0.15, 0.2) is 0 Å². The van der Waals surface area contributed by atoms with Gasteiger partial charge in [-0.05, 0) is 50.4 Å². The summed E-state index contributed by atoms with van der Waals surface area (Å²) in [6, 6.07) is 0. The average Bonchev–Trinajstić information content (AvgIpc) is 2.53. The third-order valence-corrected chi connectivity index (χ3v) is 7.00. The molecule has 0 aliphatic heterocycles. The van der Waals surface area contributed by atoms with E-state index in [1.807, 2.05) is 0 Å². The quantitative estimate of drug-likeness (QED) is 0.539. The van der Waals surface area contributed by atoms with Crippen molar-refractivity contribution in [2.24, 2.45) is 35.5 Å². The van der Waals surface area contributed by atoms with Crippen molar-refractivity contribution in [2.45, 2.75) is 61.3 Å². The Balaban J connectivity index is 2.07. The van der Waals surface area contributed by atoms with E-state index in [0.29, 0.717) is 30.3 Å². The first-order valence-electron chi connectivity index (χ1n) is 11.0. The van der Waals surface area contributed by atoms with E-state index >= 15 is 0 Å². The molecule has 2 aliphatic carbocycles. The number of carbonyl (C=O) groups is 1. The summed E-state index contributed by atoms with van der Waals surface area (Å²) in [6.07, 6.45) is 7.41. The predicted molar refractivity (Wildman–Crippen MR) is 113 cm³/mol. The van der Waals surface area contributed by atoms with Crippen LogP contribution < -0.4 is 4.90 Å². The highest BCUT2D eigenvalue weighted by Crippen LogP contribution is 2.34. The van der Waals surface area contributed by atoms with Crippen molar-refractivity contribution in [2.75, 3.05) is 26.2 Å². The standard InChI is InChI=1S/C24H41NO2/c1-16-10-18(3)23(19(4)11-16)14-25(8-9-27-22(7)26)15-24-20(5)12-17(2)13-21(24)6/h10,12,18-21,23-24H,8-9,11,13-15H2,1-7H3/p+1/t18-,19-,20+,21-,23+,24+/m1/s1. The highest BCUT2D eigenvalue weighted by atomic mass is 16.5. The van der Waals surface area contributed by atoms with E-state index in [4.69, 9.17) is 4.74 Å². The number of hydrogen-bond donors (Lipinski definition) is 1. The number of nitrogens with one attached hydrogen (secondary N) is 1. The van der Waals surface area contributed by atoms with Gasteiger partial charge in [0.2, 0.25) is 0 Å². The van der Waals surface area contributed by atoms with Crippen molar-refractivity contribution in [1.29, 1.82) is 0 Å². The molecular weight excluding hydrogens is 334 g/mol. The van der Waals surface area contributed by atoms with Crippen LogP contribution in [-0.2, 0) is 9.53 Å². The number of hydrogen-bond acceptors (Lipinski definition) is 2. The minimum Gasteiger partial charge on any atom is -0.460 e. The number of esters is 1. The lowest BCUT2D eigenvalue weighted by molar-refractivity contribution is -0.908. The fraction of sp³-hybridized carbons (Fsp3) is 0.792. The Kier molecular flexibility index (Phi) is 8.15. The molecule has 0 aromatic rings. The lowest BCUT2D eigenvalue weighted by atomic mass is 9.73. The highest BCUT2D eigenvalue weighted by molar-refractivity contribution is 5.65. The first-order valence-corrected chi connectivity index (χ1v) is 11.0. The summed E-state index contributed by atoms with van der Waals surface area (Å²) in [5.41, 5.74) is 3.09. The van der Waals surface area contributed by atoms with E-state index in [9.17, 15) is 4.79 Å². The summed E-state index contributed by atoms with van der Waals surface area (Å²) in [5, 5.41) is 0. The molecule has 27 heavy (non-hydrogen) atoms. The smallest absolute Gasteiger partial charge is 0.302 e. The summed E-state index contributed by atoms with van der Waals surface area (Å²) in [6.45, 7) is 19.5. The van der Waals surface area contributed by atoms with Gasteiger partial charge in [0.1, 0.15) is 13.2 Å². The molecule has 0 saturated heterocycles. The first kappa shape index (κ1) is 22.2. The van der Waals surface area contributed by atoms with Crippen molar-refractivity contribution in [3.05, 3.63) is 23.3 Å². The summed E-state index contributed by atoms with van der Waals surface area (Å²) < 4.78 is 5.31. The fourth-order valence-corrected chi connectivity index (χ4v) is 5.70. The predicted octanol–water partition coefficient (Wildman–Crippen LogP) is 3.91. The Morgan fingerprint density at radius 2 is 1.41 bits per heavy atom. The topological polar surface area (TPSA) is 30.7 Å². The second-order valence-corrected chi connectivity index (χ2v) is 9.68. The monoisotopic (exact) mass is 376 g/mol. The van der Waals surface area contributed by atoms with Crippen LogP contribution in [0.4, 0.5) is 0 Å². The van der Waals surface area contributed by atoms with Gasteiger partial charge in [0.05, 0.1) is 13.1 Å². The van der Waals surface area contributed by atoms with Gasteiger partial charge in [-0.1, -0.05) is 51.0 Å². The van der Waals surface area contributed by atoms with Crippen molar-refractivity contribution in [3.63, 3.8) is 0 Å². The Bertz CT molecular complexity index is 525. The van der Waals surface area contributed by atoms with Crippen molar-refractivity contribution < 1.29 is 14.4 Å².